The molecule has 5 heteroatoms. The molecule has 88 valence electrons. The highest BCUT2D eigenvalue weighted by Gasteiger charge is 2.13. The first-order valence-electron chi connectivity index (χ1n) is 5.52. The monoisotopic (exact) mass is 230 g/mol. The number of imidazole rings is 1. The Morgan fingerprint density at radius 2 is 2.00 bits per heavy atom. The molecule has 0 aromatic carbocycles. The van der Waals surface area contributed by atoms with Crippen molar-refractivity contribution in [2.24, 2.45) is 0 Å². The molecule has 2 aromatic heterocycles. The first-order chi connectivity index (χ1) is 8.20. The van der Waals surface area contributed by atoms with E-state index in [0.717, 1.165) is 17.9 Å². The fourth-order valence-electron chi connectivity index (χ4n) is 1.55. The summed E-state index contributed by atoms with van der Waals surface area (Å²) in [7, 11) is 0. The van der Waals surface area contributed by atoms with Crippen LogP contribution in [0.5, 0.6) is 0 Å². The van der Waals surface area contributed by atoms with E-state index in [1.54, 1.807) is 18.6 Å². The van der Waals surface area contributed by atoms with E-state index < -0.39 is 0 Å². The van der Waals surface area contributed by atoms with Gasteiger partial charge in [-0.1, -0.05) is 0 Å². The van der Waals surface area contributed by atoms with Gasteiger partial charge in [-0.15, -0.1) is 0 Å². The third kappa shape index (κ3) is 2.55. The summed E-state index contributed by atoms with van der Waals surface area (Å²) >= 11 is 0. The Morgan fingerprint density at radius 1 is 1.29 bits per heavy atom. The van der Waals surface area contributed by atoms with Gasteiger partial charge in [-0.25, -0.2) is 15.0 Å². The maximum Gasteiger partial charge on any atom is 0.207 e. The summed E-state index contributed by atoms with van der Waals surface area (Å²) in [5.74, 6) is 0.897. The number of ketones is 1. The smallest absolute Gasteiger partial charge is 0.207 e. The molecular formula is C12H14N4O. The highest BCUT2D eigenvalue weighted by molar-refractivity contribution is 5.93. The summed E-state index contributed by atoms with van der Waals surface area (Å²) in [5, 5.41) is 0. The average Bonchev–Trinajstić information content (AvgIpc) is 2.77. The molecule has 0 fully saturated rings. The maximum atomic E-state index is 11.9. The van der Waals surface area contributed by atoms with Crippen molar-refractivity contribution in [2.75, 3.05) is 0 Å². The Morgan fingerprint density at radius 3 is 2.65 bits per heavy atom. The number of hydrogen-bond donors (Lipinski definition) is 0. The second kappa shape index (κ2) is 4.86. The zero-order valence-electron chi connectivity index (χ0n) is 9.92. The normalized spacial score (nSPS) is 10.5. The van der Waals surface area contributed by atoms with Crippen LogP contribution in [0.25, 0.3) is 0 Å². The molecule has 0 radical (unpaired) electrons. The van der Waals surface area contributed by atoms with Gasteiger partial charge in [0.25, 0.3) is 0 Å². The van der Waals surface area contributed by atoms with Crippen molar-refractivity contribution in [3.8, 4) is 0 Å². The van der Waals surface area contributed by atoms with E-state index in [1.807, 2.05) is 24.6 Å². The molecule has 2 rings (SSSR count). The van der Waals surface area contributed by atoms with E-state index in [1.165, 1.54) is 0 Å². The number of carbonyl (C=O) groups is 1. The quantitative estimate of drug-likeness (QED) is 0.745. The second-order valence-corrected chi connectivity index (χ2v) is 3.81. The molecule has 2 heterocycles. The SMILES string of the molecule is CCn1ccnc1CC(=O)c1ncc(C)cn1. The van der Waals surface area contributed by atoms with Gasteiger partial charge in [0.15, 0.2) is 5.82 Å². The lowest BCUT2D eigenvalue weighted by Crippen LogP contribution is -2.12. The van der Waals surface area contributed by atoms with Crippen LogP contribution in [0.1, 0.15) is 28.9 Å². The first kappa shape index (κ1) is 11.4. The summed E-state index contributed by atoms with van der Waals surface area (Å²) < 4.78 is 1.94. The topological polar surface area (TPSA) is 60.7 Å². The average molecular weight is 230 g/mol. The Hall–Kier alpha value is -2.04. The van der Waals surface area contributed by atoms with E-state index in [4.69, 9.17) is 0 Å². The molecule has 0 N–H and O–H groups in total. The summed E-state index contributed by atoms with van der Waals surface area (Å²) in [6.07, 6.45) is 7.09. The van der Waals surface area contributed by atoms with Gasteiger partial charge in [0.1, 0.15) is 5.82 Å². The fraction of sp³-hybridized carbons (Fsp3) is 0.333. The van der Waals surface area contributed by atoms with Crippen molar-refractivity contribution < 1.29 is 4.79 Å². The number of Topliss-reactive ketones (excluding diaryl/α,β-unsaturated/α-hetero) is 1. The van der Waals surface area contributed by atoms with Crippen LogP contribution in [0.2, 0.25) is 0 Å². The van der Waals surface area contributed by atoms with Crippen molar-refractivity contribution in [3.05, 3.63) is 42.0 Å². The van der Waals surface area contributed by atoms with Crippen LogP contribution in [0, 0.1) is 6.92 Å². The molecule has 0 amide bonds. The molecule has 0 aliphatic rings. The van der Waals surface area contributed by atoms with Gasteiger partial charge >= 0.3 is 0 Å². The van der Waals surface area contributed by atoms with Crippen LogP contribution in [-0.4, -0.2) is 25.3 Å². The molecule has 5 nitrogen and oxygen atoms in total. The Labute approximate surface area is 99.6 Å². The van der Waals surface area contributed by atoms with E-state index >= 15 is 0 Å². The van der Waals surface area contributed by atoms with Gasteiger partial charge in [-0.2, -0.15) is 0 Å². The molecule has 0 unspecified atom stereocenters. The Balaban J connectivity index is 2.14. The summed E-state index contributed by atoms with van der Waals surface area (Å²) in [6.45, 7) is 4.70. The highest BCUT2D eigenvalue weighted by atomic mass is 16.1. The number of nitrogens with zero attached hydrogens (tertiary/aromatic N) is 4. The first-order valence-corrected chi connectivity index (χ1v) is 5.52. The predicted molar refractivity (Wildman–Crippen MR) is 62.7 cm³/mol. The Bertz CT molecular complexity index is 516. The number of aryl methyl sites for hydroxylation is 2. The van der Waals surface area contributed by atoms with E-state index in [9.17, 15) is 4.79 Å². The summed E-state index contributed by atoms with van der Waals surface area (Å²) in [4.78, 5) is 24.1. The van der Waals surface area contributed by atoms with Crippen LogP contribution >= 0.6 is 0 Å². The van der Waals surface area contributed by atoms with E-state index in [2.05, 4.69) is 15.0 Å². The van der Waals surface area contributed by atoms with Crippen molar-refractivity contribution in [1.82, 2.24) is 19.5 Å². The summed E-state index contributed by atoms with van der Waals surface area (Å²) in [6, 6.07) is 0. The fourth-order valence-corrected chi connectivity index (χ4v) is 1.55. The maximum absolute atomic E-state index is 11.9. The Kier molecular flexibility index (Phi) is 3.27. The molecule has 0 saturated heterocycles. The van der Waals surface area contributed by atoms with Crippen molar-refractivity contribution >= 4 is 5.78 Å². The van der Waals surface area contributed by atoms with Crippen LogP contribution in [0.4, 0.5) is 0 Å². The number of aromatic nitrogens is 4. The highest BCUT2D eigenvalue weighted by Crippen LogP contribution is 2.03. The van der Waals surface area contributed by atoms with Crippen LogP contribution in [0.3, 0.4) is 0 Å². The van der Waals surface area contributed by atoms with Crippen molar-refractivity contribution in [3.63, 3.8) is 0 Å². The zero-order valence-corrected chi connectivity index (χ0v) is 9.92. The molecule has 0 spiro atoms. The minimum Gasteiger partial charge on any atom is -0.335 e. The third-order valence-corrected chi connectivity index (χ3v) is 2.49. The lowest BCUT2D eigenvalue weighted by atomic mass is 10.2. The standard InChI is InChI=1S/C12H14N4O/c1-3-16-5-4-13-11(16)6-10(17)12-14-7-9(2)8-15-12/h4-5,7-8H,3,6H2,1-2H3. The lowest BCUT2D eigenvalue weighted by Gasteiger charge is -2.03. The van der Waals surface area contributed by atoms with Gasteiger partial charge in [0, 0.05) is 31.3 Å². The van der Waals surface area contributed by atoms with E-state index in [0.29, 0.717) is 0 Å². The van der Waals surface area contributed by atoms with Gasteiger partial charge < -0.3 is 4.57 Å². The predicted octanol–water partition coefficient (Wildman–Crippen LogP) is 1.43. The molecule has 0 saturated carbocycles. The minimum absolute atomic E-state index is 0.106. The van der Waals surface area contributed by atoms with Gasteiger partial charge in [0.05, 0.1) is 6.42 Å². The molecule has 0 atom stereocenters. The lowest BCUT2D eigenvalue weighted by molar-refractivity contribution is 0.0979. The largest absolute Gasteiger partial charge is 0.335 e. The molecule has 2 aromatic rings. The van der Waals surface area contributed by atoms with Crippen LogP contribution in [-0.2, 0) is 13.0 Å². The molecule has 0 bridgehead atoms. The van der Waals surface area contributed by atoms with E-state index in [-0.39, 0.29) is 18.0 Å². The molecular weight excluding hydrogens is 216 g/mol. The molecule has 0 aliphatic heterocycles. The molecule has 0 aliphatic carbocycles. The zero-order chi connectivity index (χ0) is 12.3. The van der Waals surface area contributed by atoms with Crippen LogP contribution < -0.4 is 0 Å². The minimum atomic E-state index is -0.106. The number of hydrogen-bond acceptors (Lipinski definition) is 4. The van der Waals surface area contributed by atoms with Crippen molar-refractivity contribution in [2.45, 2.75) is 26.8 Å². The van der Waals surface area contributed by atoms with Crippen LogP contribution in [0.15, 0.2) is 24.8 Å². The van der Waals surface area contributed by atoms with Gasteiger partial charge in [-0.05, 0) is 19.4 Å². The number of carbonyl (C=O) groups excluding carboxylic acids is 1. The molecule has 17 heavy (non-hydrogen) atoms. The van der Waals surface area contributed by atoms with Gasteiger partial charge in [-0.3, -0.25) is 4.79 Å². The van der Waals surface area contributed by atoms with Crippen molar-refractivity contribution in [1.29, 1.82) is 0 Å². The second-order valence-electron chi connectivity index (χ2n) is 3.81. The third-order valence-electron chi connectivity index (χ3n) is 2.49. The van der Waals surface area contributed by atoms with Gasteiger partial charge in [0.2, 0.25) is 5.78 Å². The number of rotatable bonds is 4. The summed E-state index contributed by atoms with van der Waals surface area (Å²) in [5.41, 5.74) is 0.941.